The molecule has 0 spiro atoms. The summed E-state index contributed by atoms with van der Waals surface area (Å²) in [4.78, 5) is 38.8. The van der Waals surface area contributed by atoms with Crippen LogP contribution in [-0.2, 0) is 28.0 Å². The van der Waals surface area contributed by atoms with Crippen LogP contribution in [0.4, 0.5) is 10.5 Å². The number of nitrogens with one attached hydrogen (secondary N) is 2. The van der Waals surface area contributed by atoms with E-state index in [2.05, 4.69) is 33.2 Å². The largest absolute Gasteiger partial charge is 0.325 e. The second-order valence-electron chi connectivity index (χ2n) is 7.34. The van der Waals surface area contributed by atoms with Crippen molar-refractivity contribution >= 4 is 46.1 Å². The van der Waals surface area contributed by atoms with Crippen LogP contribution in [0.25, 0.3) is 0 Å². The zero-order chi connectivity index (χ0) is 19.9. The lowest BCUT2D eigenvalue weighted by atomic mass is 9.89. The molecule has 2 aromatic rings. The highest BCUT2D eigenvalue weighted by atomic mass is 127. The van der Waals surface area contributed by atoms with Crippen LogP contribution in [0, 0.1) is 3.57 Å². The predicted octanol–water partition coefficient (Wildman–Crippen LogP) is 3.19. The van der Waals surface area contributed by atoms with Gasteiger partial charge < -0.3 is 10.6 Å². The second kappa shape index (κ2) is 7.20. The molecule has 0 aromatic heterocycles. The standard InChI is InChI=1S/C21H20IN3O3/c1-21(15-6-5-13-3-2-4-14(13)11-15)19(27)25(20(28)24-21)12-18(26)23-17-9-7-16(22)8-10-17/h5-11H,2-4,12H2,1H3,(H,23,26)(H,24,28). The number of imide groups is 1. The molecule has 1 aliphatic carbocycles. The number of amides is 4. The first kappa shape index (κ1) is 18.9. The van der Waals surface area contributed by atoms with Gasteiger partial charge in [0.15, 0.2) is 0 Å². The van der Waals surface area contributed by atoms with Crippen molar-refractivity contribution in [3.05, 3.63) is 62.7 Å². The quantitative estimate of drug-likeness (QED) is 0.512. The molecule has 2 aromatic carbocycles. The van der Waals surface area contributed by atoms with Crippen LogP contribution < -0.4 is 10.6 Å². The molecule has 4 amide bonds. The van der Waals surface area contributed by atoms with E-state index in [1.54, 1.807) is 19.1 Å². The van der Waals surface area contributed by atoms with Crippen molar-refractivity contribution in [3.63, 3.8) is 0 Å². The molecule has 2 aliphatic rings. The Bertz CT molecular complexity index is 973. The third-order valence-corrected chi connectivity index (χ3v) is 6.10. The van der Waals surface area contributed by atoms with Crippen molar-refractivity contribution in [2.75, 3.05) is 11.9 Å². The maximum Gasteiger partial charge on any atom is 0.325 e. The zero-order valence-electron chi connectivity index (χ0n) is 15.4. The van der Waals surface area contributed by atoms with Crippen LogP contribution in [0.5, 0.6) is 0 Å². The monoisotopic (exact) mass is 489 g/mol. The molecule has 144 valence electrons. The van der Waals surface area contributed by atoms with Crippen LogP contribution in [0.3, 0.4) is 0 Å². The summed E-state index contributed by atoms with van der Waals surface area (Å²) in [5.74, 6) is -0.823. The van der Waals surface area contributed by atoms with Crippen LogP contribution in [-0.4, -0.2) is 29.3 Å². The summed E-state index contributed by atoms with van der Waals surface area (Å²) in [7, 11) is 0. The third kappa shape index (κ3) is 3.39. The number of benzene rings is 2. The molecule has 4 rings (SSSR count). The fourth-order valence-corrected chi connectivity index (χ4v) is 4.16. The molecule has 1 aliphatic heterocycles. The van der Waals surface area contributed by atoms with Crippen LogP contribution in [0.1, 0.15) is 30.0 Å². The van der Waals surface area contributed by atoms with E-state index in [0.717, 1.165) is 33.3 Å². The normalized spacial score (nSPS) is 20.9. The molecular weight excluding hydrogens is 469 g/mol. The first-order chi connectivity index (χ1) is 13.4. The average Bonchev–Trinajstić information content (AvgIpc) is 3.22. The van der Waals surface area contributed by atoms with Crippen LogP contribution in [0.15, 0.2) is 42.5 Å². The Kier molecular flexibility index (Phi) is 4.86. The summed E-state index contributed by atoms with van der Waals surface area (Å²) in [5.41, 5.74) is 2.76. The lowest BCUT2D eigenvalue weighted by molar-refractivity contribution is -0.133. The Balaban J connectivity index is 1.50. The average molecular weight is 489 g/mol. The van der Waals surface area contributed by atoms with E-state index in [4.69, 9.17) is 0 Å². The molecule has 1 heterocycles. The first-order valence-corrected chi connectivity index (χ1v) is 10.3. The van der Waals surface area contributed by atoms with E-state index >= 15 is 0 Å². The highest BCUT2D eigenvalue weighted by Crippen LogP contribution is 2.32. The number of rotatable bonds is 4. The van der Waals surface area contributed by atoms with Crippen molar-refractivity contribution in [2.45, 2.75) is 31.7 Å². The van der Waals surface area contributed by atoms with Gasteiger partial charge in [-0.2, -0.15) is 0 Å². The van der Waals surface area contributed by atoms with E-state index in [9.17, 15) is 14.4 Å². The smallest absolute Gasteiger partial charge is 0.325 e. The summed E-state index contributed by atoms with van der Waals surface area (Å²) in [6.07, 6.45) is 3.15. The number of carbonyl (C=O) groups is 3. The molecule has 7 heteroatoms. The Morgan fingerprint density at radius 1 is 1.14 bits per heavy atom. The van der Waals surface area contributed by atoms with Gasteiger partial charge in [0, 0.05) is 9.26 Å². The predicted molar refractivity (Wildman–Crippen MR) is 114 cm³/mol. The molecule has 1 atom stereocenters. The minimum atomic E-state index is -1.15. The van der Waals surface area contributed by atoms with Gasteiger partial charge >= 0.3 is 6.03 Å². The van der Waals surface area contributed by atoms with E-state index in [0.29, 0.717) is 5.69 Å². The molecular formula is C21H20IN3O3. The van der Waals surface area contributed by atoms with Gasteiger partial charge in [0.2, 0.25) is 5.91 Å². The molecule has 0 bridgehead atoms. The molecule has 6 nitrogen and oxygen atoms in total. The van der Waals surface area contributed by atoms with Gasteiger partial charge in [-0.3, -0.25) is 14.5 Å². The van der Waals surface area contributed by atoms with Gasteiger partial charge in [0.05, 0.1) is 0 Å². The molecule has 1 saturated heterocycles. The van der Waals surface area contributed by atoms with Gasteiger partial charge in [-0.15, -0.1) is 0 Å². The summed E-state index contributed by atoms with van der Waals surface area (Å²) < 4.78 is 1.05. The van der Waals surface area contributed by atoms with E-state index in [1.165, 1.54) is 11.1 Å². The van der Waals surface area contributed by atoms with Gasteiger partial charge in [0.25, 0.3) is 5.91 Å². The Morgan fingerprint density at radius 2 is 1.86 bits per heavy atom. The summed E-state index contributed by atoms with van der Waals surface area (Å²) in [6.45, 7) is 1.37. The van der Waals surface area contributed by atoms with Crippen molar-refractivity contribution in [1.82, 2.24) is 10.2 Å². The Labute approximate surface area is 176 Å². The van der Waals surface area contributed by atoms with Crippen molar-refractivity contribution in [3.8, 4) is 0 Å². The molecule has 0 saturated carbocycles. The number of aryl methyl sites for hydroxylation is 2. The molecule has 0 radical (unpaired) electrons. The highest BCUT2D eigenvalue weighted by molar-refractivity contribution is 14.1. The summed E-state index contributed by atoms with van der Waals surface area (Å²) >= 11 is 2.18. The Hall–Kier alpha value is -2.42. The van der Waals surface area contributed by atoms with Crippen molar-refractivity contribution in [2.24, 2.45) is 0 Å². The van der Waals surface area contributed by atoms with Gasteiger partial charge in [-0.1, -0.05) is 18.2 Å². The van der Waals surface area contributed by atoms with Crippen LogP contribution in [0.2, 0.25) is 0 Å². The third-order valence-electron chi connectivity index (χ3n) is 5.38. The number of urea groups is 1. The van der Waals surface area contributed by atoms with E-state index < -0.39 is 23.4 Å². The Morgan fingerprint density at radius 3 is 2.61 bits per heavy atom. The van der Waals surface area contributed by atoms with Gasteiger partial charge in [0.1, 0.15) is 12.1 Å². The fraction of sp³-hybridized carbons (Fsp3) is 0.286. The molecule has 2 N–H and O–H groups in total. The SMILES string of the molecule is CC1(c2ccc3c(c2)CCC3)NC(=O)N(CC(=O)Nc2ccc(I)cc2)C1=O. The number of anilines is 1. The van der Waals surface area contributed by atoms with Crippen molar-refractivity contribution < 1.29 is 14.4 Å². The molecule has 28 heavy (non-hydrogen) atoms. The number of hydrogen-bond acceptors (Lipinski definition) is 3. The minimum Gasteiger partial charge on any atom is -0.325 e. The maximum atomic E-state index is 13.0. The number of nitrogens with zero attached hydrogens (tertiary/aromatic N) is 1. The van der Waals surface area contributed by atoms with E-state index in [-0.39, 0.29) is 6.54 Å². The minimum absolute atomic E-state index is 0.322. The van der Waals surface area contributed by atoms with E-state index in [1.807, 2.05) is 30.3 Å². The number of halogens is 1. The second-order valence-corrected chi connectivity index (χ2v) is 8.58. The topological polar surface area (TPSA) is 78.5 Å². The first-order valence-electron chi connectivity index (χ1n) is 9.18. The van der Waals surface area contributed by atoms with Gasteiger partial charge in [-0.25, -0.2) is 4.79 Å². The highest BCUT2D eigenvalue weighted by Gasteiger charge is 2.49. The fourth-order valence-electron chi connectivity index (χ4n) is 3.80. The number of hydrogen-bond donors (Lipinski definition) is 2. The lowest BCUT2D eigenvalue weighted by Gasteiger charge is -2.23. The van der Waals surface area contributed by atoms with Crippen LogP contribution >= 0.6 is 22.6 Å². The van der Waals surface area contributed by atoms with Gasteiger partial charge in [-0.05, 0) is 89.7 Å². The number of fused-ring (bicyclic) bond motifs is 1. The summed E-state index contributed by atoms with van der Waals surface area (Å²) in [5, 5.41) is 5.49. The number of carbonyl (C=O) groups excluding carboxylic acids is 3. The lowest BCUT2D eigenvalue weighted by Crippen LogP contribution is -2.42. The van der Waals surface area contributed by atoms with Crippen molar-refractivity contribution in [1.29, 1.82) is 0 Å². The zero-order valence-corrected chi connectivity index (χ0v) is 17.6. The molecule has 1 unspecified atom stereocenters. The molecule has 1 fully saturated rings. The maximum absolute atomic E-state index is 13.0. The summed E-state index contributed by atoms with van der Waals surface area (Å²) in [6, 6.07) is 12.7.